The molecule has 0 bridgehead atoms. The van der Waals surface area contributed by atoms with Crippen molar-refractivity contribution in [1.82, 2.24) is 9.55 Å². The molecule has 2 heterocycles. The number of nitrogens with zero attached hydrogens (tertiary/aromatic N) is 1. The number of aromatic amines is 1. The molecule has 1 aliphatic rings. The van der Waals surface area contributed by atoms with E-state index in [0.717, 1.165) is 12.8 Å². The summed E-state index contributed by atoms with van der Waals surface area (Å²) in [6, 6.07) is 0. The van der Waals surface area contributed by atoms with Gasteiger partial charge < -0.3 is 9.16 Å². The van der Waals surface area contributed by atoms with E-state index in [1.165, 1.54) is 4.57 Å². The van der Waals surface area contributed by atoms with Crippen LogP contribution in [0, 0.1) is 6.92 Å². The quantitative estimate of drug-likeness (QED) is 0.587. The SMILES string of the molecule is CCC/C=C\[C@H]1O[C@@H](n2cc(C)c(=O)[nH]c2=O)C[C@@H]1O[Si](C)(C)C(C)(C)C. The van der Waals surface area contributed by atoms with E-state index in [2.05, 4.69) is 57.9 Å². The molecule has 7 heteroatoms. The number of ether oxygens (including phenoxy) is 1. The highest BCUT2D eigenvalue weighted by Gasteiger charge is 2.44. The predicted octanol–water partition coefficient (Wildman–Crippen LogP) is 3.88. The van der Waals surface area contributed by atoms with E-state index >= 15 is 0 Å². The van der Waals surface area contributed by atoms with Gasteiger partial charge in [-0.1, -0.05) is 46.3 Å². The molecule has 1 fully saturated rings. The number of hydrogen-bond donors (Lipinski definition) is 1. The highest BCUT2D eigenvalue weighted by Crippen LogP contribution is 2.41. The molecular formula is C20H34N2O4Si. The van der Waals surface area contributed by atoms with Crippen molar-refractivity contribution in [2.45, 2.75) is 90.4 Å². The molecule has 1 N–H and O–H groups in total. The van der Waals surface area contributed by atoms with Gasteiger partial charge in [0, 0.05) is 18.2 Å². The molecule has 1 aromatic heterocycles. The predicted molar refractivity (Wildman–Crippen MR) is 111 cm³/mol. The fourth-order valence-corrected chi connectivity index (χ4v) is 4.21. The van der Waals surface area contributed by atoms with Gasteiger partial charge in [-0.15, -0.1) is 0 Å². The van der Waals surface area contributed by atoms with Gasteiger partial charge in [0.1, 0.15) is 12.3 Å². The van der Waals surface area contributed by atoms with Crippen molar-refractivity contribution in [2.75, 3.05) is 0 Å². The van der Waals surface area contributed by atoms with Crippen LogP contribution in [0.4, 0.5) is 0 Å². The molecule has 0 spiro atoms. The third-order valence-corrected chi connectivity index (χ3v) is 10.1. The first-order valence-corrected chi connectivity index (χ1v) is 12.7. The maximum absolute atomic E-state index is 12.3. The molecule has 0 radical (unpaired) electrons. The normalized spacial score (nSPS) is 24.0. The average molecular weight is 395 g/mol. The number of hydrogen-bond acceptors (Lipinski definition) is 4. The first kappa shape index (κ1) is 21.9. The van der Waals surface area contributed by atoms with Gasteiger partial charge in [-0.05, 0) is 31.5 Å². The Morgan fingerprint density at radius 1 is 1.37 bits per heavy atom. The monoisotopic (exact) mass is 394 g/mol. The Morgan fingerprint density at radius 3 is 2.63 bits per heavy atom. The topological polar surface area (TPSA) is 73.3 Å². The summed E-state index contributed by atoms with van der Waals surface area (Å²) in [5.74, 6) is 0. The Kier molecular flexibility index (Phi) is 6.71. The molecule has 0 unspecified atom stereocenters. The van der Waals surface area contributed by atoms with Crippen LogP contribution in [0.25, 0.3) is 0 Å². The van der Waals surface area contributed by atoms with Gasteiger partial charge in [0.2, 0.25) is 0 Å². The molecule has 0 aromatic carbocycles. The van der Waals surface area contributed by atoms with Gasteiger partial charge >= 0.3 is 5.69 Å². The van der Waals surface area contributed by atoms with Crippen molar-refractivity contribution < 1.29 is 9.16 Å². The molecule has 6 nitrogen and oxygen atoms in total. The molecule has 152 valence electrons. The molecule has 2 rings (SSSR count). The van der Waals surface area contributed by atoms with Crippen molar-refractivity contribution in [1.29, 1.82) is 0 Å². The summed E-state index contributed by atoms with van der Waals surface area (Å²) in [6.07, 6.45) is 7.64. The summed E-state index contributed by atoms with van der Waals surface area (Å²) >= 11 is 0. The number of nitrogens with one attached hydrogen (secondary N) is 1. The highest BCUT2D eigenvalue weighted by molar-refractivity contribution is 6.74. The lowest BCUT2D eigenvalue weighted by molar-refractivity contribution is 0.00623. The standard InChI is InChI=1S/C20H34N2O4Si/c1-8-9-10-11-15-16(26-27(6,7)20(3,4)5)12-17(25-15)22-13-14(2)18(23)21-19(22)24/h10-11,13,15-17H,8-9,12H2,1-7H3,(H,21,23,24)/b11-10-/t15-,16+,17-/m1/s1. The molecule has 27 heavy (non-hydrogen) atoms. The van der Waals surface area contributed by atoms with Crippen LogP contribution in [0.2, 0.25) is 18.1 Å². The van der Waals surface area contributed by atoms with Gasteiger partial charge in [-0.3, -0.25) is 14.3 Å². The average Bonchev–Trinajstić information content (AvgIpc) is 2.92. The van der Waals surface area contributed by atoms with Crippen molar-refractivity contribution in [3.63, 3.8) is 0 Å². The van der Waals surface area contributed by atoms with E-state index in [9.17, 15) is 9.59 Å². The second kappa shape index (κ2) is 8.28. The molecule has 0 saturated carbocycles. The fraction of sp³-hybridized carbons (Fsp3) is 0.700. The van der Waals surface area contributed by atoms with Crippen LogP contribution in [0.15, 0.2) is 27.9 Å². The van der Waals surface area contributed by atoms with Gasteiger partial charge in [-0.25, -0.2) is 4.79 Å². The lowest BCUT2D eigenvalue weighted by Crippen LogP contribution is -2.45. The van der Waals surface area contributed by atoms with Crippen LogP contribution in [-0.4, -0.2) is 30.1 Å². The number of aromatic nitrogens is 2. The third-order valence-electron chi connectivity index (χ3n) is 5.60. The highest BCUT2D eigenvalue weighted by atomic mass is 28.4. The summed E-state index contributed by atoms with van der Waals surface area (Å²) in [4.78, 5) is 26.3. The summed E-state index contributed by atoms with van der Waals surface area (Å²) < 4.78 is 14.3. The van der Waals surface area contributed by atoms with Crippen LogP contribution in [0.1, 0.15) is 58.7 Å². The van der Waals surface area contributed by atoms with E-state index in [1.807, 2.05) is 0 Å². The molecule has 1 saturated heterocycles. The lowest BCUT2D eigenvalue weighted by atomic mass is 10.1. The second-order valence-electron chi connectivity index (χ2n) is 8.90. The zero-order valence-electron chi connectivity index (χ0n) is 17.7. The zero-order valence-corrected chi connectivity index (χ0v) is 18.7. The Bertz CT molecular complexity index is 788. The Hall–Kier alpha value is -1.44. The fourth-order valence-electron chi connectivity index (χ4n) is 2.87. The lowest BCUT2D eigenvalue weighted by Gasteiger charge is -2.39. The largest absolute Gasteiger partial charge is 0.411 e. The van der Waals surface area contributed by atoms with Crippen LogP contribution < -0.4 is 11.2 Å². The van der Waals surface area contributed by atoms with Crippen molar-refractivity contribution in [2.24, 2.45) is 0 Å². The van der Waals surface area contributed by atoms with Gasteiger partial charge in [0.05, 0.1) is 6.10 Å². The molecule has 1 aliphatic heterocycles. The first-order valence-electron chi connectivity index (χ1n) is 9.78. The van der Waals surface area contributed by atoms with Gasteiger partial charge in [-0.2, -0.15) is 0 Å². The van der Waals surface area contributed by atoms with E-state index in [-0.39, 0.29) is 22.8 Å². The number of aryl methyl sites for hydroxylation is 1. The van der Waals surface area contributed by atoms with E-state index in [1.54, 1.807) is 13.1 Å². The van der Waals surface area contributed by atoms with Crippen LogP contribution in [0.5, 0.6) is 0 Å². The summed E-state index contributed by atoms with van der Waals surface area (Å²) in [5, 5.41) is 0.0914. The number of allylic oxidation sites excluding steroid dienone is 1. The number of H-pyrrole nitrogens is 1. The Balaban J connectivity index is 2.31. The van der Waals surface area contributed by atoms with E-state index in [0.29, 0.717) is 12.0 Å². The third kappa shape index (κ3) is 5.09. The molecular weight excluding hydrogens is 360 g/mol. The smallest absolute Gasteiger partial charge is 0.330 e. The Labute approximate surface area is 162 Å². The molecule has 1 aromatic rings. The molecule has 3 atom stereocenters. The summed E-state index contributed by atoms with van der Waals surface area (Å²) in [7, 11) is -1.98. The molecule has 0 amide bonds. The van der Waals surface area contributed by atoms with Crippen molar-refractivity contribution in [3.8, 4) is 0 Å². The van der Waals surface area contributed by atoms with Crippen molar-refractivity contribution >= 4 is 8.32 Å². The minimum atomic E-state index is -1.98. The summed E-state index contributed by atoms with van der Waals surface area (Å²) in [5.41, 5.74) is -0.312. The van der Waals surface area contributed by atoms with E-state index in [4.69, 9.17) is 9.16 Å². The van der Waals surface area contributed by atoms with E-state index < -0.39 is 20.2 Å². The van der Waals surface area contributed by atoms with Crippen LogP contribution in [0.3, 0.4) is 0 Å². The van der Waals surface area contributed by atoms with Gasteiger partial charge in [0.25, 0.3) is 5.56 Å². The van der Waals surface area contributed by atoms with Crippen LogP contribution >= 0.6 is 0 Å². The maximum atomic E-state index is 12.3. The zero-order chi connectivity index (χ0) is 20.4. The number of unbranched alkanes of at least 4 members (excludes halogenated alkanes) is 1. The summed E-state index contributed by atoms with van der Waals surface area (Å²) in [6.45, 7) is 14.9. The minimum Gasteiger partial charge on any atom is -0.411 e. The van der Waals surface area contributed by atoms with Crippen molar-refractivity contribution in [3.05, 3.63) is 44.8 Å². The van der Waals surface area contributed by atoms with Gasteiger partial charge in [0.15, 0.2) is 8.32 Å². The first-order chi connectivity index (χ1) is 12.5. The minimum absolute atomic E-state index is 0.0914. The molecule has 0 aliphatic carbocycles. The second-order valence-corrected chi connectivity index (χ2v) is 13.7. The number of rotatable bonds is 6. The Morgan fingerprint density at radius 2 is 2.04 bits per heavy atom. The maximum Gasteiger partial charge on any atom is 0.330 e. The van der Waals surface area contributed by atoms with Crippen LogP contribution in [-0.2, 0) is 9.16 Å².